The highest BCUT2D eigenvalue weighted by Crippen LogP contribution is 2.33. The molecule has 0 fully saturated rings. The third-order valence-electron chi connectivity index (χ3n) is 3.43. The third kappa shape index (κ3) is 3.34. The fourth-order valence-corrected chi connectivity index (χ4v) is 2.50. The molecule has 0 heterocycles. The number of hydrogen-bond acceptors (Lipinski definition) is 3. The van der Waals surface area contributed by atoms with E-state index in [1.807, 2.05) is 38.2 Å². The first-order valence-corrected chi connectivity index (χ1v) is 6.75. The standard InChI is InChI=1S/C17H20FNO2/c1-11-7-12(9-13(18)8-11)17(19-2)15-10-14(20-3)5-6-16(15)21-4/h5-10,17,19H,1-4H3. The van der Waals surface area contributed by atoms with Gasteiger partial charge in [0.15, 0.2) is 0 Å². The van der Waals surface area contributed by atoms with E-state index in [4.69, 9.17) is 9.47 Å². The summed E-state index contributed by atoms with van der Waals surface area (Å²) in [5.74, 6) is 1.23. The van der Waals surface area contributed by atoms with E-state index in [-0.39, 0.29) is 11.9 Å². The Kier molecular flexibility index (Phi) is 4.81. The maximum Gasteiger partial charge on any atom is 0.124 e. The van der Waals surface area contributed by atoms with Gasteiger partial charge in [-0.3, -0.25) is 0 Å². The Balaban J connectivity index is 2.54. The van der Waals surface area contributed by atoms with Crippen LogP contribution < -0.4 is 14.8 Å². The van der Waals surface area contributed by atoms with Gasteiger partial charge in [0.05, 0.1) is 20.3 Å². The van der Waals surface area contributed by atoms with E-state index in [0.717, 1.165) is 28.2 Å². The number of halogens is 1. The van der Waals surface area contributed by atoms with E-state index >= 15 is 0 Å². The van der Waals surface area contributed by atoms with Crippen LogP contribution >= 0.6 is 0 Å². The van der Waals surface area contributed by atoms with E-state index in [9.17, 15) is 4.39 Å². The molecule has 2 aromatic carbocycles. The summed E-state index contributed by atoms with van der Waals surface area (Å²) in [6, 6.07) is 10.4. The summed E-state index contributed by atoms with van der Waals surface area (Å²) in [7, 11) is 5.07. The van der Waals surface area contributed by atoms with Crippen molar-refractivity contribution in [2.24, 2.45) is 0 Å². The van der Waals surface area contributed by atoms with Crippen molar-refractivity contribution in [3.8, 4) is 11.5 Å². The lowest BCUT2D eigenvalue weighted by Gasteiger charge is -2.21. The minimum atomic E-state index is -0.243. The Morgan fingerprint density at radius 3 is 2.38 bits per heavy atom. The van der Waals surface area contributed by atoms with Crippen LogP contribution in [0.25, 0.3) is 0 Å². The SMILES string of the molecule is CNC(c1cc(C)cc(F)c1)c1cc(OC)ccc1OC. The molecule has 1 unspecified atom stereocenters. The first-order valence-electron chi connectivity index (χ1n) is 6.75. The maximum absolute atomic E-state index is 13.7. The molecule has 112 valence electrons. The minimum absolute atomic E-state index is 0.176. The van der Waals surface area contributed by atoms with Crippen LogP contribution in [-0.2, 0) is 0 Å². The van der Waals surface area contributed by atoms with Crippen molar-refractivity contribution in [3.63, 3.8) is 0 Å². The molecule has 0 saturated carbocycles. The molecule has 3 nitrogen and oxygen atoms in total. The molecule has 1 atom stereocenters. The maximum atomic E-state index is 13.7. The summed E-state index contributed by atoms with van der Waals surface area (Å²) in [6.07, 6.45) is 0. The molecule has 4 heteroatoms. The van der Waals surface area contributed by atoms with Crippen LogP contribution in [0.1, 0.15) is 22.7 Å². The Hall–Kier alpha value is -2.07. The molecule has 0 aromatic heterocycles. The molecule has 0 aliphatic heterocycles. The Bertz CT molecular complexity index is 608. The third-order valence-corrected chi connectivity index (χ3v) is 3.43. The molecule has 0 spiro atoms. The van der Waals surface area contributed by atoms with E-state index in [1.165, 1.54) is 12.1 Å². The van der Waals surface area contributed by atoms with E-state index in [1.54, 1.807) is 14.2 Å². The smallest absolute Gasteiger partial charge is 0.124 e. The predicted molar refractivity (Wildman–Crippen MR) is 81.6 cm³/mol. The summed E-state index contributed by atoms with van der Waals surface area (Å²) >= 11 is 0. The summed E-state index contributed by atoms with van der Waals surface area (Å²) < 4.78 is 24.4. The zero-order valence-corrected chi connectivity index (χ0v) is 12.7. The van der Waals surface area contributed by atoms with Crippen molar-refractivity contribution < 1.29 is 13.9 Å². The summed E-state index contributed by atoms with van der Waals surface area (Å²) in [6.45, 7) is 1.88. The molecule has 2 rings (SSSR count). The molecule has 0 amide bonds. The fraction of sp³-hybridized carbons (Fsp3) is 0.294. The molecule has 0 bridgehead atoms. The Morgan fingerprint density at radius 2 is 1.81 bits per heavy atom. The number of rotatable bonds is 5. The second kappa shape index (κ2) is 6.59. The second-order valence-corrected chi connectivity index (χ2v) is 4.89. The largest absolute Gasteiger partial charge is 0.497 e. The predicted octanol–water partition coefficient (Wildman–Crippen LogP) is 3.46. The normalized spacial score (nSPS) is 12.0. The summed E-state index contributed by atoms with van der Waals surface area (Å²) in [4.78, 5) is 0. The van der Waals surface area contributed by atoms with Gasteiger partial charge in [-0.15, -0.1) is 0 Å². The molecule has 0 radical (unpaired) electrons. The van der Waals surface area contributed by atoms with Crippen LogP contribution in [0, 0.1) is 12.7 Å². The number of methoxy groups -OCH3 is 2. The first-order chi connectivity index (χ1) is 10.1. The number of benzene rings is 2. The lowest BCUT2D eigenvalue weighted by atomic mass is 9.96. The van der Waals surface area contributed by atoms with Crippen molar-refractivity contribution in [2.45, 2.75) is 13.0 Å². The molecular weight excluding hydrogens is 269 g/mol. The van der Waals surface area contributed by atoms with E-state index < -0.39 is 0 Å². The number of nitrogens with one attached hydrogen (secondary N) is 1. The number of aryl methyl sites for hydroxylation is 1. The minimum Gasteiger partial charge on any atom is -0.497 e. The molecular formula is C17H20FNO2. The average molecular weight is 289 g/mol. The van der Waals surface area contributed by atoms with Crippen LogP contribution in [0.2, 0.25) is 0 Å². The van der Waals surface area contributed by atoms with Crippen LogP contribution in [0.3, 0.4) is 0 Å². The Morgan fingerprint density at radius 1 is 1.05 bits per heavy atom. The van der Waals surface area contributed by atoms with Gasteiger partial charge < -0.3 is 14.8 Å². The molecule has 2 aromatic rings. The van der Waals surface area contributed by atoms with Gasteiger partial charge in [-0.05, 0) is 55.4 Å². The summed E-state index contributed by atoms with van der Waals surface area (Å²) in [5.41, 5.74) is 2.64. The van der Waals surface area contributed by atoms with Gasteiger partial charge in [0.2, 0.25) is 0 Å². The van der Waals surface area contributed by atoms with Gasteiger partial charge in [0, 0.05) is 5.56 Å². The lowest BCUT2D eigenvalue weighted by molar-refractivity contribution is 0.395. The van der Waals surface area contributed by atoms with Crippen molar-refractivity contribution in [2.75, 3.05) is 21.3 Å². The van der Waals surface area contributed by atoms with Crippen molar-refractivity contribution in [1.82, 2.24) is 5.32 Å². The van der Waals surface area contributed by atoms with Crippen LogP contribution in [0.15, 0.2) is 36.4 Å². The molecule has 1 N–H and O–H groups in total. The lowest BCUT2D eigenvalue weighted by Crippen LogP contribution is -2.19. The second-order valence-electron chi connectivity index (χ2n) is 4.89. The van der Waals surface area contributed by atoms with Crippen LogP contribution in [0.5, 0.6) is 11.5 Å². The van der Waals surface area contributed by atoms with Crippen molar-refractivity contribution in [1.29, 1.82) is 0 Å². The van der Waals surface area contributed by atoms with Gasteiger partial charge in [0.1, 0.15) is 17.3 Å². The monoisotopic (exact) mass is 289 g/mol. The number of hydrogen-bond donors (Lipinski definition) is 1. The summed E-state index contributed by atoms with van der Waals surface area (Å²) in [5, 5.41) is 3.21. The van der Waals surface area contributed by atoms with Crippen molar-refractivity contribution >= 4 is 0 Å². The quantitative estimate of drug-likeness (QED) is 0.914. The topological polar surface area (TPSA) is 30.5 Å². The Labute approximate surface area is 124 Å². The highest BCUT2D eigenvalue weighted by Gasteiger charge is 2.18. The van der Waals surface area contributed by atoms with Gasteiger partial charge in [-0.25, -0.2) is 4.39 Å². The highest BCUT2D eigenvalue weighted by atomic mass is 19.1. The average Bonchev–Trinajstić information content (AvgIpc) is 2.47. The molecule has 21 heavy (non-hydrogen) atoms. The molecule has 0 saturated heterocycles. The van der Waals surface area contributed by atoms with Crippen LogP contribution in [-0.4, -0.2) is 21.3 Å². The zero-order chi connectivity index (χ0) is 15.4. The zero-order valence-electron chi connectivity index (χ0n) is 12.7. The first kappa shape index (κ1) is 15.3. The van der Waals surface area contributed by atoms with Gasteiger partial charge in [-0.2, -0.15) is 0 Å². The van der Waals surface area contributed by atoms with E-state index in [2.05, 4.69) is 5.32 Å². The fourth-order valence-electron chi connectivity index (χ4n) is 2.50. The van der Waals surface area contributed by atoms with Gasteiger partial charge in [0.25, 0.3) is 0 Å². The van der Waals surface area contributed by atoms with Gasteiger partial charge >= 0.3 is 0 Å². The van der Waals surface area contributed by atoms with Crippen molar-refractivity contribution in [3.05, 3.63) is 58.9 Å². The number of ether oxygens (including phenoxy) is 2. The highest BCUT2D eigenvalue weighted by molar-refractivity contribution is 5.46. The molecule has 0 aliphatic carbocycles. The van der Waals surface area contributed by atoms with Crippen LogP contribution in [0.4, 0.5) is 4.39 Å². The molecule has 0 aliphatic rings. The van der Waals surface area contributed by atoms with Gasteiger partial charge in [-0.1, -0.05) is 6.07 Å². The van der Waals surface area contributed by atoms with E-state index in [0.29, 0.717) is 0 Å².